The lowest BCUT2D eigenvalue weighted by Gasteiger charge is -2.10. The fraction of sp³-hybridized carbons (Fsp3) is 0.0714. The number of pyridine rings is 1. The second-order valence-corrected chi connectivity index (χ2v) is 7.77. The Bertz CT molecular complexity index is 1410. The van der Waals surface area contributed by atoms with Gasteiger partial charge in [0.15, 0.2) is 0 Å². The number of hydrogen-bond donors (Lipinski definition) is 2. The zero-order valence-electron chi connectivity index (χ0n) is 18.7. The molecule has 6 nitrogen and oxygen atoms in total. The van der Waals surface area contributed by atoms with Crippen LogP contribution in [0.4, 0.5) is 0 Å². The van der Waals surface area contributed by atoms with Crippen molar-refractivity contribution in [2.45, 2.75) is 6.61 Å². The van der Waals surface area contributed by atoms with Gasteiger partial charge in [-0.25, -0.2) is 0 Å². The molecular formula is C28H24N4O2. The van der Waals surface area contributed by atoms with Crippen molar-refractivity contribution in [2.75, 3.05) is 7.11 Å². The summed E-state index contributed by atoms with van der Waals surface area (Å²) in [5, 5.41) is 8.62. The summed E-state index contributed by atoms with van der Waals surface area (Å²) in [6.45, 7) is 0.476. The van der Waals surface area contributed by atoms with E-state index in [1.54, 1.807) is 19.5 Å². The zero-order chi connectivity index (χ0) is 23.2. The average molecular weight is 449 g/mol. The van der Waals surface area contributed by atoms with E-state index in [9.17, 15) is 0 Å². The summed E-state index contributed by atoms with van der Waals surface area (Å²) in [6.07, 6.45) is 11.5. The highest BCUT2D eigenvalue weighted by molar-refractivity contribution is 5.84. The summed E-state index contributed by atoms with van der Waals surface area (Å²) in [4.78, 5) is 7.41. The number of benzene rings is 2. The van der Waals surface area contributed by atoms with Crippen LogP contribution in [0.15, 0.2) is 79.1 Å². The third-order valence-electron chi connectivity index (χ3n) is 5.40. The number of aromatic amines is 2. The van der Waals surface area contributed by atoms with Gasteiger partial charge in [0.1, 0.15) is 18.1 Å². The van der Waals surface area contributed by atoms with Crippen LogP contribution in [0.2, 0.25) is 0 Å². The minimum atomic E-state index is 0.476. The summed E-state index contributed by atoms with van der Waals surface area (Å²) < 4.78 is 11.4. The first-order valence-corrected chi connectivity index (χ1v) is 11.0. The maximum Gasteiger partial charge on any atom is 0.129 e. The predicted molar refractivity (Wildman–Crippen MR) is 136 cm³/mol. The standard InChI is InChI=1S/C28H24N4O2/c1-33-28-18-26(34-19-20-12-14-29-15-13-20)11-7-21(28)6-8-24-17-25(32-31-24)10-9-23-16-22-4-2-3-5-27(22)30-23/h2-18,30H,19H2,1H3,(H,31,32). The van der Waals surface area contributed by atoms with Gasteiger partial charge in [-0.2, -0.15) is 5.10 Å². The molecule has 5 rings (SSSR count). The molecule has 168 valence electrons. The van der Waals surface area contributed by atoms with E-state index in [4.69, 9.17) is 9.47 Å². The lowest BCUT2D eigenvalue weighted by atomic mass is 10.1. The highest BCUT2D eigenvalue weighted by Gasteiger charge is 2.04. The lowest BCUT2D eigenvalue weighted by molar-refractivity contribution is 0.303. The molecule has 0 saturated heterocycles. The highest BCUT2D eigenvalue weighted by Crippen LogP contribution is 2.27. The molecule has 6 heteroatoms. The molecule has 3 aromatic heterocycles. The van der Waals surface area contributed by atoms with Crippen LogP contribution in [0, 0.1) is 0 Å². The van der Waals surface area contributed by atoms with Gasteiger partial charge in [0.25, 0.3) is 0 Å². The molecule has 2 N–H and O–H groups in total. The van der Waals surface area contributed by atoms with Crippen molar-refractivity contribution in [1.82, 2.24) is 20.2 Å². The van der Waals surface area contributed by atoms with Crippen LogP contribution in [0.3, 0.4) is 0 Å². The van der Waals surface area contributed by atoms with Crippen LogP contribution in [-0.4, -0.2) is 27.3 Å². The van der Waals surface area contributed by atoms with Crippen molar-refractivity contribution in [3.63, 3.8) is 0 Å². The fourth-order valence-corrected chi connectivity index (χ4v) is 3.63. The zero-order valence-corrected chi connectivity index (χ0v) is 18.7. The Kier molecular flexibility index (Phi) is 6.21. The van der Waals surface area contributed by atoms with Gasteiger partial charge < -0.3 is 14.5 Å². The van der Waals surface area contributed by atoms with E-state index in [0.717, 1.165) is 45.2 Å². The summed E-state index contributed by atoms with van der Waals surface area (Å²) in [7, 11) is 1.66. The Hall–Kier alpha value is -4.58. The normalized spacial score (nSPS) is 11.6. The maximum atomic E-state index is 5.88. The summed E-state index contributed by atoms with van der Waals surface area (Å²) in [5.41, 5.74) is 5.92. The third kappa shape index (κ3) is 5.07. The topological polar surface area (TPSA) is 75.8 Å². The van der Waals surface area contributed by atoms with E-state index in [1.165, 1.54) is 5.39 Å². The number of rotatable bonds is 8. The Morgan fingerprint density at radius 2 is 1.71 bits per heavy atom. The van der Waals surface area contributed by atoms with Crippen molar-refractivity contribution in [3.05, 3.63) is 107 Å². The van der Waals surface area contributed by atoms with E-state index in [2.05, 4.69) is 38.4 Å². The Morgan fingerprint density at radius 3 is 2.56 bits per heavy atom. The largest absolute Gasteiger partial charge is 0.496 e. The number of aromatic nitrogens is 4. The molecule has 0 atom stereocenters. The van der Waals surface area contributed by atoms with E-state index in [-0.39, 0.29) is 0 Å². The van der Waals surface area contributed by atoms with Gasteiger partial charge >= 0.3 is 0 Å². The smallest absolute Gasteiger partial charge is 0.129 e. The molecule has 0 unspecified atom stereocenters. The van der Waals surface area contributed by atoms with Crippen LogP contribution < -0.4 is 9.47 Å². The van der Waals surface area contributed by atoms with Gasteiger partial charge in [-0.3, -0.25) is 10.1 Å². The van der Waals surface area contributed by atoms with E-state index in [1.807, 2.05) is 72.8 Å². The summed E-state index contributed by atoms with van der Waals surface area (Å²) in [5.74, 6) is 1.48. The molecule has 0 amide bonds. The van der Waals surface area contributed by atoms with Crippen molar-refractivity contribution in [2.24, 2.45) is 0 Å². The third-order valence-corrected chi connectivity index (χ3v) is 5.40. The number of H-pyrrole nitrogens is 2. The van der Waals surface area contributed by atoms with Crippen molar-refractivity contribution in [1.29, 1.82) is 0 Å². The molecule has 5 aromatic rings. The molecule has 2 aromatic carbocycles. The first-order chi connectivity index (χ1) is 16.8. The number of methoxy groups -OCH3 is 1. The minimum Gasteiger partial charge on any atom is -0.496 e. The van der Waals surface area contributed by atoms with E-state index in [0.29, 0.717) is 6.61 Å². The number of ether oxygens (including phenoxy) is 2. The SMILES string of the molecule is COc1cc(OCc2ccncc2)ccc1C=Cc1cc(C=Cc2cc3ccccc3[nH]2)n[nH]1. The molecule has 3 heterocycles. The van der Waals surface area contributed by atoms with Gasteiger partial charge in [-0.1, -0.05) is 18.2 Å². The number of hydrogen-bond acceptors (Lipinski definition) is 4. The molecule has 0 aliphatic heterocycles. The summed E-state index contributed by atoms with van der Waals surface area (Å²) in [6, 6.07) is 22.0. The van der Waals surface area contributed by atoms with Crippen molar-refractivity contribution >= 4 is 35.2 Å². The first-order valence-electron chi connectivity index (χ1n) is 11.0. The van der Waals surface area contributed by atoms with Crippen molar-refractivity contribution in [3.8, 4) is 11.5 Å². The van der Waals surface area contributed by atoms with Crippen LogP contribution in [0.25, 0.3) is 35.2 Å². The number of nitrogens with one attached hydrogen (secondary N) is 2. The number of fused-ring (bicyclic) bond motifs is 1. The van der Waals surface area contributed by atoms with E-state index >= 15 is 0 Å². The average Bonchev–Trinajstić information content (AvgIpc) is 3.52. The van der Waals surface area contributed by atoms with E-state index < -0.39 is 0 Å². The van der Waals surface area contributed by atoms with Crippen LogP contribution in [-0.2, 0) is 6.61 Å². The van der Waals surface area contributed by atoms with Crippen LogP contribution in [0.5, 0.6) is 11.5 Å². The molecule has 0 fully saturated rings. The fourth-order valence-electron chi connectivity index (χ4n) is 3.63. The Balaban J connectivity index is 1.24. The molecule has 0 aliphatic rings. The molecule has 0 spiro atoms. The molecule has 0 saturated carbocycles. The maximum absolute atomic E-state index is 5.88. The number of para-hydroxylation sites is 1. The van der Waals surface area contributed by atoms with Gasteiger partial charge in [0.05, 0.1) is 18.5 Å². The molecule has 0 radical (unpaired) electrons. The van der Waals surface area contributed by atoms with Gasteiger partial charge in [-0.15, -0.1) is 0 Å². The number of nitrogens with zero attached hydrogens (tertiary/aromatic N) is 2. The van der Waals surface area contributed by atoms with Gasteiger partial charge in [-0.05, 0) is 77.7 Å². The summed E-state index contributed by atoms with van der Waals surface area (Å²) >= 11 is 0. The Labute approximate surface area is 197 Å². The quantitative estimate of drug-likeness (QED) is 0.296. The first kappa shape index (κ1) is 21.3. The van der Waals surface area contributed by atoms with Gasteiger partial charge in [0.2, 0.25) is 0 Å². The second kappa shape index (κ2) is 9.92. The second-order valence-electron chi connectivity index (χ2n) is 7.77. The molecule has 0 aliphatic carbocycles. The van der Waals surface area contributed by atoms with Crippen LogP contribution in [0.1, 0.15) is 28.2 Å². The highest BCUT2D eigenvalue weighted by atomic mass is 16.5. The van der Waals surface area contributed by atoms with Gasteiger partial charge in [0, 0.05) is 35.2 Å². The van der Waals surface area contributed by atoms with Crippen LogP contribution >= 0.6 is 0 Å². The molecule has 0 bridgehead atoms. The Morgan fingerprint density at radius 1 is 0.853 bits per heavy atom. The predicted octanol–water partition coefficient (Wildman–Crippen LogP) is 6.21. The lowest BCUT2D eigenvalue weighted by Crippen LogP contribution is -1.96. The molecule has 34 heavy (non-hydrogen) atoms. The minimum absolute atomic E-state index is 0.476. The van der Waals surface area contributed by atoms with Crippen molar-refractivity contribution < 1.29 is 9.47 Å². The molecular weight excluding hydrogens is 424 g/mol. The monoisotopic (exact) mass is 448 g/mol.